The van der Waals surface area contributed by atoms with Gasteiger partial charge < -0.3 is 15.1 Å². The number of anilines is 1. The van der Waals surface area contributed by atoms with Crippen molar-refractivity contribution in [1.82, 2.24) is 9.80 Å². The fourth-order valence-corrected chi connectivity index (χ4v) is 5.02. The fraction of sp³-hybridized carbons (Fsp3) is 0.440. The highest BCUT2D eigenvalue weighted by molar-refractivity contribution is 7.99. The van der Waals surface area contributed by atoms with Crippen molar-refractivity contribution in [1.29, 1.82) is 0 Å². The zero-order valence-corrected chi connectivity index (χ0v) is 19.5. The topological polar surface area (TPSA) is 52.7 Å². The molecule has 3 rings (SSSR count). The number of carbonyl (C=O) groups is 2. The standard InChI is InChI=1S/C25H33N3O2S/c1-19(2)17-27-14-13-25(30)28(16-15-27)24(21-7-5-4-6-8-21)18-31-23-11-9-22(10-12-23)26-20(3)29/h4-12,19,24H,13-18H2,1-3H3,(H,26,29)/t24-/m1/s1. The maximum absolute atomic E-state index is 13.1. The molecule has 1 N–H and O–H groups in total. The highest BCUT2D eigenvalue weighted by Crippen LogP contribution is 2.31. The van der Waals surface area contributed by atoms with Crippen molar-refractivity contribution in [3.8, 4) is 0 Å². The van der Waals surface area contributed by atoms with E-state index in [1.54, 1.807) is 11.8 Å². The first-order valence-corrected chi connectivity index (χ1v) is 12.0. The van der Waals surface area contributed by atoms with Crippen molar-refractivity contribution in [2.75, 3.05) is 37.2 Å². The van der Waals surface area contributed by atoms with Crippen molar-refractivity contribution >= 4 is 29.3 Å². The molecule has 1 heterocycles. The van der Waals surface area contributed by atoms with Gasteiger partial charge in [0, 0.05) is 55.9 Å². The molecule has 5 nitrogen and oxygen atoms in total. The molecule has 0 spiro atoms. The quantitative estimate of drug-likeness (QED) is 0.608. The minimum absolute atomic E-state index is 0.0349. The molecule has 1 saturated heterocycles. The molecule has 0 saturated carbocycles. The summed E-state index contributed by atoms with van der Waals surface area (Å²) in [5.41, 5.74) is 1.97. The summed E-state index contributed by atoms with van der Waals surface area (Å²) in [7, 11) is 0. The largest absolute Gasteiger partial charge is 0.333 e. The van der Waals surface area contributed by atoms with Gasteiger partial charge in [0.1, 0.15) is 0 Å². The number of benzene rings is 2. The van der Waals surface area contributed by atoms with Crippen LogP contribution in [0.15, 0.2) is 59.5 Å². The molecule has 166 valence electrons. The molecular formula is C25H33N3O2S. The van der Waals surface area contributed by atoms with Gasteiger partial charge >= 0.3 is 0 Å². The maximum atomic E-state index is 13.1. The number of nitrogens with one attached hydrogen (secondary N) is 1. The smallest absolute Gasteiger partial charge is 0.224 e. The van der Waals surface area contributed by atoms with Gasteiger partial charge in [0.2, 0.25) is 11.8 Å². The second-order valence-electron chi connectivity index (χ2n) is 8.47. The van der Waals surface area contributed by atoms with E-state index in [0.717, 1.165) is 42.5 Å². The zero-order valence-electron chi connectivity index (χ0n) is 18.7. The Hall–Kier alpha value is -2.31. The summed E-state index contributed by atoms with van der Waals surface area (Å²) in [5.74, 6) is 1.56. The van der Waals surface area contributed by atoms with Crippen LogP contribution in [0.2, 0.25) is 0 Å². The van der Waals surface area contributed by atoms with Crippen molar-refractivity contribution in [3.63, 3.8) is 0 Å². The molecule has 1 aliphatic heterocycles. The second-order valence-corrected chi connectivity index (χ2v) is 9.57. The number of rotatable bonds is 8. The van der Waals surface area contributed by atoms with Gasteiger partial charge in [-0.3, -0.25) is 9.59 Å². The number of hydrogen-bond acceptors (Lipinski definition) is 4. The van der Waals surface area contributed by atoms with Crippen LogP contribution in [0, 0.1) is 5.92 Å². The number of nitrogens with zero attached hydrogens (tertiary/aromatic N) is 2. The van der Waals surface area contributed by atoms with E-state index in [-0.39, 0.29) is 17.9 Å². The van der Waals surface area contributed by atoms with Gasteiger partial charge in [0.25, 0.3) is 0 Å². The molecule has 2 amide bonds. The molecule has 1 aliphatic rings. The van der Waals surface area contributed by atoms with Gasteiger partial charge in [-0.1, -0.05) is 44.2 Å². The normalized spacial score (nSPS) is 16.3. The van der Waals surface area contributed by atoms with E-state index >= 15 is 0 Å². The van der Waals surface area contributed by atoms with Gasteiger partial charge in [-0.05, 0) is 35.7 Å². The van der Waals surface area contributed by atoms with E-state index in [4.69, 9.17) is 0 Å². The SMILES string of the molecule is CC(=O)Nc1ccc(SC[C@H](c2ccccc2)N2CCN(CC(C)C)CCC2=O)cc1. The van der Waals surface area contributed by atoms with E-state index in [1.807, 2.05) is 42.5 Å². The van der Waals surface area contributed by atoms with Crippen molar-refractivity contribution in [2.45, 2.75) is 38.1 Å². The second kappa shape index (κ2) is 11.3. The maximum Gasteiger partial charge on any atom is 0.224 e. The zero-order chi connectivity index (χ0) is 22.2. The third-order valence-corrected chi connectivity index (χ3v) is 6.47. The predicted octanol–water partition coefficient (Wildman–Crippen LogP) is 4.67. The van der Waals surface area contributed by atoms with Gasteiger partial charge in [-0.2, -0.15) is 0 Å². The molecule has 1 atom stereocenters. The summed E-state index contributed by atoms with van der Waals surface area (Å²) in [6.45, 7) is 9.51. The van der Waals surface area contributed by atoms with E-state index in [9.17, 15) is 9.59 Å². The lowest BCUT2D eigenvalue weighted by molar-refractivity contribution is -0.132. The average molecular weight is 440 g/mol. The van der Waals surface area contributed by atoms with Crippen LogP contribution in [0.3, 0.4) is 0 Å². The number of hydrogen-bond donors (Lipinski definition) is 1. The monoisotopic (exact) mass is 439 g/mol. The summed E-state index contributed by atoms with van der Waals surface area (Å²) in [6.07, 6.45) is 0.576. The van der Waals surface area contributed by atoms with E-state index in [0.29, 0.717) is 12.3 Å². The molecule has 0 bridgehead atoms. The molecule has 0 unspecified atom stereocenters. The molecule has 2 aromatic carbocycles. The van der Waals surface area contributed by atoms with Crippen LogP contribution >= 0.6 is 11.8 Å². The van der Waals surface area contributed by atoms with E-state index in [2.05, 4.69) is 41.1 Å². The number of carbonyl (C=O) groups excluding carboxylic acids is 2. The third-order valence-electron chi connectivity index (χ3n) is 5.39. The fourth-order valence-electron chi connectivity index (χ4n) is 3.97. The van der Waals surface area contributed by atoms with Crippen LogP contribution in [0.4, 0.5) is 5.69 Å². The Morgan fingerprint density at radius 1 is 1.03 bits per heavy atom. The van der Waals surface area contributed by atoms with Crippen LogP contribution in [-0.4, -0.2) is 53.5 Å². The Kier molecular flexibility index (Phi) is 8.55. The Balaban J connectivity index is 1.73. The lowest BCUT2D eigenvalue weighted by atomic mass is 10.1. The molecule has 6 heteroatoms. The molecule has 1 fully saturated rings. The minimum atomic E-state index is -0.0734. The summed E-state index contributed by atoms with van der Waals surface area (Å²) in [6, 6.07) is 18.3. The Bertz CT molecular complexity index is 855. The lowest BCUT2D eigenvalue weighted by Crippen LogP contribution is -2.38. The Morgan fingerprint density at radius 3 is 2.39 bits per heavy atom. The Morgan fingerprint density at radius 2 is 1.74 bits per heavy atom. The highest BCUT2D eigenvalue weighted by atomic mass is 32.2. The average Bonchev–Trinajstić information content (AvgIpc) is 2.91. The van der Waals surface area contributed by atoms with Crippen LogP contribution in [0.1, 0.15) is 38.8 Å². The van der Waals surface area contributed by atoms with Crippen LogP contribution in [-0.2, 0) is 9.59 Å². The van der Waals surface area contributed by atoms with Gasteiger partial charge in [0.15, 0.2) is 0 Å². The molecular weight excluding hydrogens is 406 g/mol. The van der Waals surface area contributed by atoms with Gasteiger partial charge in [0.05, 0.1) is 6.04 Å². The van der Waals surface area contributed by atoms with Crippen molar-refractivity contribution in [2.24, 2.45) is 5.92 Å². The first-order valence-electron chi connectivity index (χ1n) is 11.0. The first kappa shape index (κ1) is 23.4. The predicted molar refractivity (Wildman–Crippen MR) is 128 cm³/mol. The molecule has 0 aromatic heterocycles. The molecule has 31 heavy (non-hydrogen) atoms. The summed E-state index contributed by atoms with van der Waals surface area (Å²) >= 11 is 1.74. The van der Waals surface area contributed by atoms with Crippen molar-refractivity contribution < 1.29 is 9.59 Å². The summed E-state index contributed by atoms with van der Waals surface area (Å²) in [4.78, 5) is 29.9. The number of thioether (sulfide) groups is 1. The molecule has 2 aromatic rings. The van der Waals surface area contributed by atoms with E-state index in [1.165, 1.54) is 12.5 Å². The highest BCUT2D eigenvalue weighted by Gasteiger charge is 2.28. The summed E-state index contributed by atoms with van der Waals surface area (Å²) in [5, 5.41) is 2.80. The van der Waals surface area contributed by atoms with E-state index < -0.39 is 0 Å². The molecule has 0 aliphatic carbocycles. The first-order chi connectivity index (χ1) is 14.9. The third kappa shape index (κ3) is 7.11. The van der Waals surface area contributed by atoms with Crippen LogP contribution in [0.5, 0.6) is 0 Å². The molecule has 0 radical (unpaired) electrons. The minimum Gasteiger partial charge on any atom is -0.333 e. The lowest BCUT2D eigenvalue weighted by Gasteiger charge is -2.31. The van der Waals surface area contributed by atoms with Gasteiger partial charge in [-0.15, -0.1) is 11.8 Å². The van der Waals surface area contributed by atoms with Gasteiger partial charge in [-0.25, -0.2) is 0 Å². The Labute approximate surface area is 190 Å². The summed E-state index contributed by atoms with van der Waals surface area (Å²) < 4.78 is 0. The van der Waals surface area contributed by atoms with Crippen LogP contribution in [0.25, 0.3) is 0 Å². The number of amides is 2. The van der Waals surface area contributed by atoms with Crippen molar-refractivity contribution in [3.05, 3.63) is 60.2 Å². The van der Waals surface area contributed by atoms with Crippen LogP contribution < -0.4 is 5.32 Å².